The van der Waals surface area contributed by atoms with E-state index in [0.717, 1.165) is 27.6 Å². The largest absolute Gasteiger partial charge is 0.457 e. The van der Waals surface area contributed by atoms with Crippen LogP contribution in [0.4, 0.5) is 16.2 Å². The molecule has 0 unspecified atom stereocenters. The van der Waals surface area contributed by atoms with Crippen LogP contribution in [0.1, 0.15) is 12.0 Å². The van der Waals surface area contributed by atoms with E-state index in [1.807, 2.05) is 116 Å². The highest BCUT2D eigenvalue weighted by atomic mass is 32.2. The Kier molecular flexibility index (Phi) is 9.82. The zero-order valence-corrected chi connectivity index (χ0v) is 22.1. The summed E-state index contributed by atoms with van der Waals surface area (Å²) in [7, 11) is 0. The number of urea groups is 1. The number of nitrogens with one attached hydrogen (secondary N) is 2. The number of para-hydroxylation sites is 1. The number of anilines is 2. The fourth-order valence-corrected chi connectivity index (χ4v) is 4.51. The van der Waals surface area contributed by atoms with Crippen LogP contribution in [0.3, 0.4) is 0 Å². The minimum Gasteiger partial charge on any atom is -0.457 e. The maximum Gasteiger partial charge on any atom is 0.326 e. The van der Waals surface area contributed by atoms with E-state index in [-0.39, 0.29) is 11.9 Å². The number of hydrogen-bond acceptors (Lipinski definition) is 4. The zero-order valence-electron chi connectivity index (χ0n) is 21.3. The van der Waals surface area contributed by atoms with Crippen molar-refractivity contribution in [3.63, 3.8) is 0 Å². The lowest BCUT2D eigenvalue weighted by molar-refractivity contribution is -0.118. The average Bonchev–Trinajstić information content (AvgIpc) is 2.94. The van der Waals surface area contributed by atoms with Gasteiger partial charge in [-0.15, -0.1) is 11.8 Å². The third-order valence-electron chi connectivity index (χ3n) is 5.64. The Morgan fingerprint density at radius 1 is 0.816 bits per heavy atom. The summed E-state index contributed by atoms with van der Waals surface area (Å²) in [5.41, 5.74) is 2.53. The molecule has 0 heterocycles. The topological polar surface area (TPSA) is 70.7 Å². The zero-order chi connectivity index (χ0) is 26.6. The van der Waals surface area contributed by atoms with Crippen LogP contribution < -0.4 is 20.3 Å². The van der Waals surface area contributed by atoms with Crippen LogP contribution in [0.2, 0.25) is 0 Å². The van der Waals surface area contributed by atoms with Gasteiger partial charge in [0.25, 0.3) is 0 Å². The molecule has 0 aliphatic rings. The third kappa shape index (κ3) is 8.42. The molecule has 7 heteroatoms. The first-order chi connectivity index (χ1) is 18.6. The van der Waals surface area contributed by atoms with Gasteiger partial charge < -0.3 is 15.4 Å². The molecule has 0 aromatic heterocycles. The van der Waals surface area contributed by atoms with E-state index in [1.165, 1.54) is 11.8 Å². The van der Waals surface area contributed by atoms with Gasteiger partial charge >= 0.3 is 6.03 Å². The molecule has 0 saturated heterocycles. The number of thioether (sulfide) groups is 1. The summed E-state index contributed by atoms with van der Waals surface area (Å²) in [6.07, 6.45) is 0.602. The minimum absolute atomic E-state index is 0.0305. The molecule has 0 saturated carbocycles. The van der Waals surface area contributed by atoms with Crippen LogP contribution in [0, 0.1) is 6.92 Å². The van der Waals surface area contributed by atoms with Crippen LogP contribution in [-0.4, -0.2) is 30.8 Å². The monoisotopic (exact) mass is 525 g/mol. The number of benzene rings is 4. The first kappa shape index (κ1) is 26.8. The molecule has 4 aromatic rings. The Balaban J connectivity index is 1.36. The fraction of sp³-hybridized carbons (Fsp3) is 0.161. The Bertz CT molecular complexity index is 1320. The van der Waals surface area contributed by atoms with Crippen molar-refractivity contribution in [2.45, 2.75) is 18.2 Å². The number of amides is 3. The highest BCUT2D eigenvalue weighted by molar-refractivity contribution is 8.00. The molecule has 4 aromatic carbocycles. The maximum absolute atomic E-state index is 13.3. The van der Waals surface area contributed by atoms with Crippen LogP contribution in [0.15, 0.2) is 114 Å². The molecule has 0 spiro atoms. The summed E-state index contributed by atoms with van der Waals surface area (Å²) in [4.78, 5) is 28.3. The number of rotatable bonds is 11. The standard InChI is InChI=1S/C31H31N3O3S/c1-24-10-8-11-25(22-24)33-31(36)34(21-9-20-32-30(35)23-38-29-14-6-3-7-15-29)26-16-18-28(19-17-26)37-27-12-4-2-5-13-27/h2-8,10-19,22H,9,20-21,23H2,1H3,(H,32,35)(H,33,36). The molecule has 0 aliphatic heterocycles. The number of nitrogens with zero attached hydrogens (tertiary/aromatic N) is 1. The van der Waals surface area contributed by atoms with Crippen LogP contribution >= 0.6 is 11.8 Å². The summed E-state index contributed by atoms with van der Waals surface area (Å²) in [5.74, 6) is 1.75. The Morgan fingerprint density at radius 3 is 2.21 bits per heavy atom. The fourth-order valence-electron chi connectivity index (χ4n) is 3.76. The summed E-state index contributed by atoms with van der Waals surface area (Å²) in [6.45, 7) is 2.89. The van der Waals surface area contributed by atoms with Gasteiger partial charge in [-0.1, -0.05) is 48.5 Å². The Hall–Kier alpha value is -4.23. The molecular weight excluding hydrogens is 494 g/mol. The Labute approximate surface area is 228 Å². The molecule has 2 N–H and O–H groups in total. The van der Waals surface area contributed by atoms with E-state index in [0.29, 0.717) is 31.0 Å². The van der Waals surface area contributed by atoms with Gasteiger partial charge in [0, 0.05) is 29.4 Å². The van der Waals surface area contributed by atoms with E-state index in [2.05, 4.69) is 10.6 Å². The number of hydrogen-bond donors (Lipinski definition) is 2. The van der Waals surface area contributed by atoms with Crippen molar-refractivity contribution in [3.8, 4) is 11.5 Å². The molecule has 194 valence electrons. The highest BCUT2D eigenvalue weighted by Crippen LogP contribution is 2.25. The van der Waals surface area contributed by atoms with Crippen molar-refractivity contribution >= 4 is 35.1 Å². The second kappa shape index (κ2) is 13.9. The normalized spacial score (nSPS) is 10.4. The van der Waals surface area contributed by atoms with Crippen molar-refractivity contribution in [1.29, 1.82) is 0 Å². The number of carbonyl (C=O) groups is 2. The van der Waals surface area contributed by atoms with Gasteiger partial charge in [0.15, 0.2) is 0 Å². The number of carbonyl (C=O) groups excluding carboxylic acids is 2. The van der Waals surface area contributed by atoms with Gasteiger partial charge in [-0.2, -0.15) is 0 Å². The van der Waals surface area contributed by atoms with Crippen LogP contribution in [0.5, 0.6) is 11.5 Å². The number of aryl methyl sites for hydroxylation is 1. The van der Waals surface area contributed by atoms with Crippen molar-refractivity contribution in [2.75, 3.05) is 29.1 Å². The molecular formula is C31H31N3O3S. The average molecular weight is 526 g/mol. The predicted octanol–water partition coefficient (Wildman–Crippen LogP) is 7.12. The first-order valence-electron chi connectivity index (χ1n) is 12.5. The van der Waals surface area contributed by atoms with E-state index < -0.39 is 0 Å². The second-order valence-electron chi connectivity index (χ2n) is 8.67. The van der Waals surface area contributed by atoms with Gasteiger partial charge in [0.2, 0.25) is 5.91 Å². The van der Waals surface area contributed by atoms with E-state index in [4.69, 9.17) is 4.74 Å². The lowest BCUT2D eigenvalue weighted by Gasteiger charge is -2.24. The lowest BCUT2D eigenvalue weighted by atomic mass is 10.2. The SMILES string of the molecule is Cc1cccc(NC(=O)N(CCCNC(=O)CSc2ccccc2)c2ccc(Oc3ccccc3)cc2)c1. The van der Waals surface area contributed by atoms with Gasteiger partial charge in [-0.3, -0.25) is 9.69 Å². The molecule has 0 atom stereocenters. The third-order valence-corrected chi connectivity index (χ3v) is 6.65. The molecule has 38 heavy (non-hydrogen) atoms. The predicted molar refractivity (Wildman–Crippen MR) is 155 cm³/mol. The van der Waals surface area contributed by atoms with Crippen LogP contribution in [-0.2, 0) is 4.79 Å². The minimum atomic E-state index is -0.238. The van der Waals surface area contributed by atoms with E-state index in [1.54, 1.807) is 4.90 Å². The molecule has 4 rings (SSSR count). The van der Waals surface area contributed by atoms with Crippen molar-refractivity contribution < 1.29 is 14.3 Å². The van der Waals surface area contributed by atoms with Gasteiger partial charge in [-0.25, -0.2) is 4.79 Å². The van der Waals surface area contributed by atoms with Gasteiger partial charge in [-0.05, 0) is 79.6 Å². The first-order valence-corrected chi connectivity index (χ1v) is 13.5. The maximum atomic E-state index is 13.3. The highest BCUT2D eigenvalue weighted by Gasteiger charge is 2.16. The molecule has 6 nitrogen and oxygen atoms in total. The van der Waals surface area contributed by atoms with Crippen molar-refractivity contribution in [3.05, 3.63) is 115 Å². The second-order valence-corrected chi connectivity index (χ2v) is 9.71. The molecule has 3 amide bonds. The quantitative estimate of drug-likeness (QED) is 0.161. The van der Waals surface area contributed by atoms with E-state index in [9.17, 15) is 9.59 Å². The molecule has 0 aliphatic carbocycles. The lowest BCUT2D eigenvalue weighted by Crippen LogP contribution is -2.37. The Morgan fingerprint density at radius 2 is 1.50 bits per heavy atom. The molecule has 0 radical (unpaired) electrons. The van der Waals surface area contributed by atoms with Crippen LogP contribution in [0.25, 0.3) is 0 Å². The van der Waals surface area contributed by atoms with Gasteiger partial charge in [0.05, 0.1) is 5.75 Å². The van der Waals surface area contributed by atoms with E-state index >= 15 is 0 Å². The smallest absolute Gasteiger partial charge is 0.326 e. The van der Waals surface area contributed by atoms with Crippen molar-refractivity contribution in [2.24, 2.45) is 0 Å². The van der Waals surface area contributed by atoms with Gasteiger partial charge in [0.1, 0.15) is 11.5 Å². The number of ether oxygens (including phenoxy) is 1. The molecule has 0 bridgehead atoms. The summed E-state index contributed by atoms with van der Waals surface area (Å²) in [6, 6.07) is 34.3. The summed E-state index contributed by atoms with van der Waals surface area (Å²) in [5, 5.41) is 5.94. The summed E-state index contributed by atoms with van der Waals surface area (Å²) < 4.78 is 5.89. The molecule has 0 fully saturated rings. The summed E-state index contributed by atoms with van der Waals surface area (Å²) >= 11 is 1.50. The van der Waals surface area contributed by atoms with Crippen molar-refractivity contribution in [1.82, 2.24) is 5.32 Å².